The van der Waals surface area contributed by atoms with E-state index in [0.29, 0.717) is 6.04 Å². The molecular formula is C16H23N. The number of piperidine rings is 1. The minimum absolute atomic E-state index is 0.698. The molecular weight excluding hydrogens is 206 g/mol. The van der Waals surface area contributed by atoms with E-state index >= 15 is 0 Å². The molecule has 1 aromatic carbocycles. The molecule has 1 atom stereocenters. The van der Waals surface area contributed by atoms with Crippen LogP contribution in [-0.4, -0.2) is 12.6 Å². The van der Waals surface area contributed by atoms with Gasteiger partial charge in [-0.25, -0.2) is 0 Å². The maximum Gasteiger partial charge on any atom is 0.0104 e. The van der Waals surface area contributed by atoms with Crippen LogP contribution < -0.4 is 5.32 Å². The molecule has 0 saturated carbocycles. The van der Waals surface area contributed by atoms with Crippen molar-refractivity contribution in [2.75, 3.05) is 6.54 Å². The van der Waals surface area contributed by atoms with Crippen molar-refractivity contribution in [3.8, 4) is 0 Å². The van der Waals surface area contributed by atoms with Crippen LogP contribution >= 0.6 is 0 Å². The van der Waals surface area contributed by atoms with Gasteiger partial charge in [0, 0.05) is 6.04 Å². The molecule has 0 bridgehead atoms. The first-order valence-electron chi connectivity index (χ1n) is 6.72. The zero-order valence-electron chi connectivity index (χ0n) is 11.0. The number of hydrogen-bond acceptors (Lipinski definition) is 1. The third-order valence-corrected chi connectivity index (χ3v) is 3.57. The molecule has 1 nitrogen and oxygen atoms in total. The molecule has 1 aliphatic rings. The SMILES string of the molecule is C/C(=C/c1ccccc1C)CC1CCCCN1. The smallest absolute Gasteiger partial charge is 0.0104 e. The summed E-state index contributed by atoms with van der Waals surface area (Å²) in [5.41, 5.74) is 4.21. The van der Waals surface area contributed by atoms with Gasteiger partial charge in [0.05, 0.1) is 0 Å². The highest BCUT2D eigenvalue weighted by atomic mass is 14.9. The van der Waals surface area contributed by atoms with Crippen molar-refractivity contribution in [1.82, 2.24) is 5.32 Å². The summed E-state index contributed by atoms with van der Waals surface area (Å²) in [4.78, 5) is 0. The highest BCUT2D eigenvalue weighted by Gasteiger charge is 2.12. The first kappa shape index (κ1) is 12.4. The van der Waals surface area contributed by atoms with Crippen LogP contribution in [0.2, 0.25) is 0 Å². The van der Waals surface area contributed by atoms with Gasteiger partial charge in [-0.2, -0.15) is 0 Å². The van der Waals surface area contributed by atoms with E-state index < -0.39 is 0 Å². The van der Waals surface area contributed by atoms with E-state index in [0.717, 1.165) is 0 Å². The van der Waals surface area contributed by atoms with Crippen LogP contribution in [0.15, 0.2) is 29.8 Å². The lowest BCUT2D eigenvalue weighted by atomic mass is 9.96. The molecule has 0 amide bonds. The lowest BCUT2D eigenvalue weighted by Gasteiger charge is -2.23. The van der Waals surface area contributed by atoms with Gasteiger partial charge in [0.25, 0.3) is 0 Å². The summed E-state index contributed by atoms with van der Waals surface area (Å²) < 4.78 is 0. The van der Waals surface area contributed by atoms with Gasteiger partial charge in [-0.15, -0.1) is 0 Å². The Balaban J connectivity index is 1.99. The molecule has 0 aromatic heterocycles. The zero-order chi connectivity index (χ0) is 12.1. The molecule has 1 heterocycles. The minimum atomic E-state index is 0.698. The fourth-order valence-electron chi connectivity index (χ4n) is 2.56. The van der Waals surface area contributed by atoms with Gasteiger partial charge in [0.1, 0.15) is 0 Å². The van der Waals surface area contributed by atoms with Crippen LogP contribution in [0.5, 0.6) is 0 Å². The quantitative estimate of drug-likeness (QED) is 0.828. The van der Waals surface area contributed by atoms with Gasteiger partial charge in [0.2, 0.25) is 0 Å². The van der Waals surface area contributed by atoms with Crippen LogP contribution in [0.3, 0.4) is 0 Å². The average molecular weight is 229 g/mol. The van der Waals surface area contributed by atoms with Crippen molar-refractivity contribution in [1.29, 1.82) is 0 Å². The van der Waals surface area contributed by atoms with Crippen molar-refractivity contribution >= 4 is 6.08 Å². The van der Waals surface area contributed by atoms with E-state index in [9.17, 15) is 0 Å². The van der Waals surface area contributed by atoms with Gasteiger partial charge < -0.3 is 5.32 Å². The summed E-state index contributed by atoms with van der Waals surface area (Å²) in [7, 11) is 0. The fourth-order valence-corrected chi connectivity index (χ4v) is 2.56. The van der Waals surface area contributed by atoms with Crippen molar-refractivity contribution in [2.45, 2.75) is 45.6 Å². The van der Waals surface area contributed by atoms with Gasteiger partial charge in [-0.05, 0) is 50.8 Å². The third kappa shape index (κ3) is 3.71. The Morgan fingerprint density at radius 2 is 2.18 bits per heavy atom. The number of hydrogen-bond donors (Lipinski definition) is 1. The van der Waals surface area contributed by atoms with E-state index in [1.54, 1.807) is 0 Å². The molecule has 2 rings (SSSR count). The van der Waals surface area contributed by atoms with E-state index in [-0.39, 0.29) is 0 Å². The highest BCUT2D eigenvalue weighted by molar-refractivity contribution is 5.56. The number of benzene rings is 1. The van der Waals surface area contributed by atoms with Gasteiger partial charge in [-0.1, -0.05) is 42.3 Å². The standard InChI is InChI=1S/C16H23N/c1-13(12-16-9-5-6-10-17-16)11-15-8-4-3-7-14(15)2/h3-4,7-8,11,16-17H,5-6,9-10,12H2,1-2H3/b13-11-. The summed E-state index contributed by atoms with van der Waals surface area (Å²) in [5.74, 6) is 0. The average Bonchev–Trinajstić information content (AvgIpc) is 2.33. The summed E-state index contributed by atoms with van der Waals surface area (Å²) in [6.45, 7) is 5.63. The molecule has 92 valence electrons. The molecule has 1 unspecified atom stereocenters. The molecule has 1 fully saturated rings. The fraction of sp³-hybridized carbons (Fsp3) is 0.500. The lowest BCUT2D eigenvalue weighted by Crippen LogP contribution is -2.33. The molecule has 1 heteroatoms. The molecule has 0 aliphatic carbocycles. The second-order valence-electron chi connectivity index (χ2n) is 5.20. The van der Waals surface area contributed by atoms with Crippen LogP contribution in [0, 0.1) is 6.92 Å². The molecule has 1 aromatic rings. The summed E-state index contributed by atoms with van der Waals surface area (Å²) in [6, 6.07) is 9.30. The first-order chi connectivity index (χ1) is 8.25. The van der Waals surface area contributed by atoms with Crippen LogP contribution in [0.4, 0.5) is 0 Å². The molecule has 17 heavy (non-hydrogen) atoms. The highest BCUT2D eigenvalue weighted by Crippen LogP contribution is 2.18. The molecule has 0 spiro atoms. The van der Waals surface area contributed by atoms with Crippen molar-refractivity contribution in [3.05, 3.63) is 41.0 Å². The maximum absolute atomic E-state index is 3.61. The van der Waals surface area contributed by atoms with E-state index in [1.807, 2.05) is 0 Å². The zero-order valence-corrected chi connectivity index (χ0v) is 11.0. The van der Waals surface area contributed by atoms with Gasteiger partial charge in [0.15, 0.2) is 0 Å². The van der Waals surface area contributed by atoms with Crippen LogP contribution in [0.1, 0.15) is 43.7 Å². The summed E-state index contributed by atoms with van der Waals surface area (Å²) >= 11 is 0. The van der Waals surface area contributed by atoms with E-state index in [1.165, 1.54) is 48.9 Å². The Hall–Kier alpha value is -1.08. The number of rotatable bonds is 3. The monoisotopic (exact) mass is 229 g/mol. The molecule has 1 N–H and O–H groups in total. The Labute approximate surface area is 105 Å². The molecule has 0 radical (unpaired) electrons. The molecule has 1 saturated heterocycles. The van der Waals surface area contributed by atoms with Gasteiger partial charge in [-0.3, -0.25) is 0 Å². The van der Waals surface area contributed by atoms with Crippen LogP contribution in [-0.2, 0) is 0 Å². The van der Waals surface area contributed by atoms with Crippen molar-refractivity contribution < 1.29 is 0 Å². The number of nitrogens with one attached hydrogen (secondary N) is 1. The summed E-state index contributed by atoms with van der Waals surface area (Å²) in [6.07, 6.45) is 7.59. The minimum Gasteiger partial charge on any atom is -0.314 e. The predicted molar refractivity (Wildman–Crippen MR) is 75.1 cm³/mol. The van der Waals surface area contributed by atoms with Crippen LogP contribution in [0.25, 0.3) is 6.08 Å². The molecule has 1 aliphatic heterocycles. The number of aryl methyl sites for hydroxylation is 1. The van der Waals surface area contributed by atoms with E-state index in [4.69, 9.17) is 0 Å². The Bertz CT molecular complexity index is 386. The second-order valence-corrected chi connectivity index (χ2v) is 5.20. The Morgan fingerprint density at radius 3 is 2.88 bits per heavy atom. The van der Waals surface area contributed by atoms with Crippen molar-refractivity contribution in [3.63, 3.8) is 0 Å². The van der Waals surface area contributed by atoms with Gasteiger partial charge >= 0.3 is 0 Å². The lowest BCUT2D eigenvalue weighted by molar-refractivity contribution is 0.399. The Kier molecular flexibility index (Phi) is 4.38. The van der Waals surface area contributed by atoms with Crippen molar-refractivity contribution in [2.24, 2.45) is 0 Å². The second kappa shape index (κ2) is 6.02. The first-order valence-corrected chi connectivity index (χ1v) is 6.72. The largest absolute Gasteiger partial charge is 0.314 e. The summed E-state index contributed by atoms with van der Waals surface area (Å²) in [5, 5.41) is 3.61. The maximum atomic E-state index is 3.61. The topological polar surface area (TPSA) is 12.0 Å². The third-order valence-electron chi connectivity index (χ3n) is 3.57. The Morgan fingerprint density at radius 1 is 1.35 bits per heavy atom. The predicted octanol–water partition coefficient (Wildman–Crippen LogP) is 3.93. The normalized spacial score (nSPS) is 21.5. The van der Waals surface area contributed by atoms with E-state index in [2.05, 4.69) is 49.5 Å².